The second kappa shape index (κ2) is 10.4. The van der Waals surface area contributed by atoms with Crippen LogP contribution in [0.15, 0.2) is 41.3 Å². The minimum atomic E-state index is -3.65. The minimum absolute atomic E-state index is 0.0712. The molecule has 0 saturated carbocycles. The lowest BCUT2D eigenvalue weighted by Crippen LogP contribution is -2.41. The average molecular weight is 396 g/mol. The van der Waals surface area contributed by atoms with Gasteiger partial charge in [-0.05, 0) is 43.2 Å². The number of hydrogen-bond donors (Lipinski definition) is 2. The molecule has 0 atom stereocenters. The molecule has 1 rings (SSSR count). The number of rotatable bonds is 9. The van der Waals surface area contributed by atoms with Gasteiger partial charge in [0.15, 0.2) is 0 Å². The summed E-state index contributed by atoms with van der Waals surface area (Å²) < 4.78 is 26.7. The monoisotopic (exact) mass is 396 g/mol. The Morgan fingerprint density at radius 3 is 2.04 bits per heavy atom. The molecule has 0 radical (unpaired) electrons. The van der Waals surface area contributed by atoms with Crippen molar-refractivity contribution in [1.82, 2.24) is 15.2 Å². The van der Waals surface area contributed by atoms with Crippen LogP contribution in [-0.4, -0.2) is 43.6 Å². The normalized spacial score (nSPS) is 11.5. The van der Waals surface area contributed by atoms with E-state index in [1.54, 1.807) is 0 Å². The van der Waals surface area contributed by atoms with E-state index in [9.17, 15) is 27.9 Å². The number of benzene rings is 1. The highest BCUT2D eigenvalue weighted by Gasteiger charge is 2.23. The van der Waals surface area contributed by atoms with Gasteiger partial charge in [0.05, 0.1) is 10.9 Å². The number of hydrazine groups is 1. The first-order valence-electron chi connectivity index (χ1n) is 8.32. The molecule has 0 aliphatic heterocycles. The van der Waals surface area contributed by atoms with Gasteiger partial charge >= 0.3 is 0 Å². The third kappa shape index (κ3) is 6.83. The number of aliphatic carboxylic acids is 1. The molecular formula is C17H22N3O6S-. The van der Waals surface area contributed by atoms with Gasteiger partial charge in [0.2, 0.25) is 10.0 Å². The Balaban J connectivity index is 2.81. The summed E-state index contributed by atoms with van der Waals surface area (Å²) in [5.74, 6) is -3.09. The summed E-state index contributed by atoms with van der Waals surface area (Å²) in [5.41, 5.74) is 4.19. The fourth-order valence-electron chi connectivity index (χ4n) is 2.15. The van der Waals surface area contributed by atoms with E-state index < -0.39 is 27.8 Å². The zero-order valence-corrected chi connectivity index (χ0v) is 15.9. The van der Waals surface area contributed by atoms with Crippen LogP contribution in [0.3, 0.4) is 0 Å². The van der Waals surface area contributed by atoms with Crippen LogP contribution in [0.2, 0.25) is 0 Å². The number of carbonyl (C=O) groups is 3. The Kier molecular flexibility index (Phi) is 8.63. The van der Waals surface area contributed by atoms with Gasteiger partial charge in [0.25, 0.3) is 11.8 Å². The lowest BCUT2D eigenvalue weighted by Gasteiger charge is -2.21. The van der Waals surface area contributed by atoms with Gasteiger partial charge < -0.3 is 9.90 Å². The standard InChI is InChI=1S/C17H23N3O6S/c1-3-11-20(12-4-2)27(25,26)14-7-5-13(6-8-14)17(24)19-18-15(21)9-10-16(22)23/h5-10H,3-4,11-12H2,1-2H3,(H,18,21)(H,19,24)(H,22,23)/p-1/b10-9+. The van der Waals surface area contributed by atoms with E-state index in [1.807, 2.05) is 19.3 Å². The highest BCUT2D eigenvalue weighted by Crippen LogP contribution is 2.17. The molecule has 0 aromatic heterocycles. The van der Waals surface area contributed by atoms with E-state index in [2.05, 4.69) is 5.43 Å². The summed E-state index contributed by atoms with van der Waals surface area (Å²) in [7, 11) is -3.65. The fraction of sp³-hybridized carbons (Fsp3) is 0.353. The van der Waals surface area contributed by atoms with Crippen molar-refractivity contribution >= 4 is 27.8 Å². The molecule has 0 unspecified atom stereocenters. The van der Waals surface area contributed by atoms with Crippen molar-refractivity contribution in [3.8, 4) is 0 Å². The number of nitrogens with zero attached hydrogens (tertiary/aromatic N) is 1. The van der Waals surface area contributed by atoms with Gasteiger partial charge in [-0.3, -0.25) is 20.4 Å². The number of carbonyl (C=O) groups excluding carboxylic acids is 3. The largest absolute Gasteiger partial charge is 0.545 e. The molecule has 148 valence electrons. The molecule has 0 aliphatic carbocycles. The first kappa shape index (κ1) is 22.3. The summed E-state index contributed by atoms with van der Waals surface area (Å²) in [5, 5.41) is 10.2. The van der Waals surface area contributed by atoms with Gasteiger partial charge in [-0.2, -0.15) is 4.31 Å². The zero-order valence-electron chi connectivity index (χ0n) is 15.1. The van der Waals surface area contributed by atoms with Crippen molar-refractivity contribution in [2.45, 2.75) is 31.6 Å². The van der Waals surface area contributed by atoms with Gasteiger partial charge in [-0.1, -0.05) is 13.8 Å². The van der Waals surface area contributed by atoms with Crippen molar-refractivity contribution in [3.05, 3.63) is 42.0 Å². The van der Waals surface area contributed by atoms with Crippen LogP contribution in [0.1, 0.15) is 37.0 Å². The van der Waals surface area contributed by atoms with Crippen LogP contribution in [0, 0.1) is 0 Å². The molecular weight excluding hydrogens is 374 g/mol. The maximum atomic E-state index is 12.6. The summed E-state index contributed by atoms with van der Waals surface area (Å²) >= 11 is 0. The maximum Gasteiger partial charge on any atom is 0.269 e. The first-order valence-corrected chi connectivity index (χ1v) is 9.76. The van der Waals surface area contributed by atoms with Crippen molar-refractivity contribution < 1.29 is 27.9 Å². The number of amides is 2. The molecule has 0 spiro atoms. The van der Waals surface area contributed by atoms with Crippen LogP contribution in [0.4, 0.5) is 0 Å². The molecule has 0 fully saturated rings. The molecule has 0 bridgehead atoms. The molecule has 2 amide bonds. The van der Waals surface area contributed by atoms with E-state index in [1.165, 1.54) is 28.6 Å². The number of nitrogens with one attached hydrogen (secondary N) is 2. The Labute approximate surface area is 158 Å². The van der Waals surface area contributed by atoms with Crippen molar-refractivity contribution in [2.75, 3.05) is 13.1 Å². The molecule has 0 heterocycles. The second-order valence-electron chi connectivity index (χ2n) is 5.52. The highest BCUT2D eigenvalue weighted by molar-refractivity contribution is 7.89. The Morgan fingerprint density at radius 2 is 1.56 bits per heavy atom. The smallest absolute Gasteiger partial charge is 0.269 e. The SMILES string of the molecule is CCCN(CCC)S(=O)(=O)c1ccc(C(=O)NNC(=O)/C=C/C(=O)[O-])cc1. The molecule has 2 N–H and O–H groups in total. The lowest BCUT2D eigenvalue weighted by atomic mass is 10.2. The van der Waals surface area contributed by atoms with E-state index in [0.29, 0.717) is 38.1 Å². The predicted octanol–water partition coefficient (Wildman–Crippen LogP) is -0.436. The Morgan fingerprint density at radius 1 is 1.00 bits per heavy atom. The van der Waals surface area contributed by atoms with E-state index in [0.717, 1.165) is 0 Å². The summed E-state index contributed by atoms with van der Waals surface area (Å²) in [4.78, 5) is 33.5. The van der Waals surface area contributed by atoms with Crippen molar-refractivity contribution in [3.63, 3.8) is 0 Å². The Bertz CT molecular complexity index is 796. The Hall–Kier alpha value is -2.72. The van der Waals surface area contributed by atoms with E-state index in [-0.39, 0.29) is 10.5 Å². The second-order valence-corrected chi connectivity index (χ2v) is 7.46. The minimum Gasteiger partial charge on any atom is -0.545 e. The maximum absolute atomic E-state index is 12.6. The summed E-state index contributed by atoms with van der Waals surface area (Å²) in [6, 6.07) is 5.28. The average Bonchev–Trinajstić information content (AvgIpc) is 2.64. The zero-order chi connectivity index (χ0) is 20.4. The highest BCUT2D eigenvalue weighted by atomic mass is 32.2. The molecule has 10 heteroatoms. The number of carboxylic acid groups (broad SMARTS) is 1. The molecule has 9 nitrogen and oxygen atoms in total. The molecule has 27 heavy (non-hydrogen) atoms. The van der Waals surface area contributed by atoms with Gasteiger partial charge in [-0.15, -0.1) is 0 Å². The van der Waals surface area contributed by atoms with E-state index in [4.69, 9.17) is 0 Å². The predicted molar refractivity (Wildman–Crippen MR) is 95.5 cm³/mol. The fourth-order valence-corrected chi connectivity index (χ4v) is 3.78. The molecule has 1 aromatic carbocycles. The quantitative estimate of drug-likeness (QED) is 0.429. The topological polar surface area (TPSA) is 136 Å². The molecule has 0 aliphatic rings. The van der Waals surface area contributed by atoms with Crippen LogP contribution >= 0.6 is 0 Å². The van der Waals surface area contributed by atoms with Gasteiger partial charge in [0, 0.05) is 24.7 Å². The molecule has 1 aromatic rings. The van der Waals surface area contributed by atoms with Crippen molar-refractivity contribution in [1.29, 1.82) is 0 Å². The van der Waals surface area contributed by atoms with Crippen LogP contribution in [0.5, 0.6) is 0 Å². The third-order valence-corrected chi connectivity index (χ3v) is 5.28. The lowest BCUT2D eigenvalue weighted by molar-refractivity contribution is -0.297. The third-order valence-electron chi connectivity index (χ3n) is 3.37. The van der Waals surface area contributed by atoms with Crippen molar-refractivity contribution in [2.24, 2.45) is 0 Å². The number of sulfonamides is 1. The van der Waals surface area contributed by atoms with E-state index >= 15 is 0 Å². The van der Waals surface area contributed by atoms with Gasteiger partial charge in [0.1, 0.15) is 0 Å². The number of hydrogen-bond acceptors (Lipinski definition) is 6. The van der Waals surface area contributed by atoms with Gasteiger partial charge in [-0.25, -0.2) is 8.42 Å². The molecule has 0 saturated heterocycles. The van der Waals surface area contributed by atoms with Crippen LogP contribution < -0.4 is 16.0 Å². The summed E-state index contributed by atoms with van der Waals surface area (Å²) in [6.45, 7) is 4.60. The van der Waals surface area contributed by atoms with Crippen LogP contribution in [0.25, 0.3) is 0 Å². The number of carboxylic acids is 1. The first-order chi connectivity index (χ1) is 12.7. The summed E-state index contributed by atoms with van der Waals surface area (Å²) in [6.07, 6.45) is 2.57. The van der Waals surface area contributed by atoms with Crippen LogP contribution in [-0.2, 0) is 19.6 Å².